The Morgan fingerprint density at radius 2 is 1.93 bits per heavy atom. The summed E-state index contributed by atoms with van der Waals surface area (Å²) in [7, 11) is 0. The van der Waals surface area contributed by atoms with Gasteiger partial charge in [0.15, 0.2) is 0 Å². The molecule has 0 radical (unpaired) electrons. The van der Waals surface area contributed by atoms with Crippen LogP contribution in [0.5, 0.6) is 0 Å². The molecule has 0 spiro atoms. The third kappa shape index (κ3) is 2.82. The summed E-state index contributed by atoms with van der Waals surface area (Å²) in [6.45, 7) is 5.07. The van der Waals surface area contributed by atoms with E-state index < -0.39 is 22.6 Å². The van der Waals surface area contributed by atoms with Crippen LogP contribution in [0.1, 0.15) is 39.2 Å². The van der Waals surface area contributed by atoms with E-state index in [9.17, 15) is 14.0 Å². The van der Waals surface area contributed by atoms with Crippen molar-refractivity contribution in [3.8, 4) is 0 Å². The van der Waals surface area contributed by atoms with Gasteiger partial charge in [0.05, 0.1) is 21.6 Å². The fourth-order valence-corrected chi connectivity index (χ4v) is 4.36. The zero-order chi connectivity index (χ0) is 19.7. The monoisotopic (exact) mass is 395 g/mol. The summed E-state index contributed by atoms with van der Waals surface area (Å²) in [6.07, 6.45) is 2.41. The zero-order valence-electron chi connectivity index (χ0n) is 15.3. The normalized spacial score (nSPS) is 20.6. The molecule has 1 aromatic heterocycles. The largest absolute Gasteiger partial charge is 0.368 e. The zero-order valence-corrected chi connectivity index (χ0v) is 16.1. The van der Waals surface area contributed by atoms with E-state index in [1.165, 1.54) is 4.57 Å². The van der Waals surface area contributed by atoms with Crippen LogP contribution in [0.25, 0.3) is 10.9 Å². The molecule has 1 saturated heterocycles. The van der Waals surface area contributed by atoms with Crippen molar-refractivity contribution in [3.05, 3.63) is 37.7 Å². The van der Waals surface area contributed by atoms with Crippen LogP contribution < -0.4 is 27.7 Å². The molecule has 1 aliphatic carbocycles. The molecule has 1 atom stereocenters. The first-order valence-electron chi connectivity index (χ1n) is 9.09. The second-order valence-corrected chi connectivity index (χ2v) is 8.61. The third-order valence-electron chi connectivity index (χ3n) is 5.74. The molecule has 9 heteroatoms. The van der Waals surface area contributed by atoms with E-state index in [4.69, 9.17) is 23.2 Å². The molecule has 146 valence electrons. The van der Waals surface area contributed by atoms with Gasteiger partial charge in [-0.3, -0.25) is 9.36 Å². The van der Waals surface area contributed by atoms with Gasteiger partial charge in [-0.25, -0.2) is 9.18 Å². The molecule has 0 bridgehead atoms. The highest BCUT2D eigenvalue weighted by atomic mass is 35.5. The van der Waals surface area contributed by atoms with Gasteiger partial charge in [0.25, 0.3) is 5.56 Å². The molecule has 7 nitrogen and oxygen atoms in total. The van der Waals surface area contributed by atoms with E-state index in [0.29, 0.717) is 17.8 Å². The Hall–Kier alpha value is -2.06. The first-order valence-corrected chi connectivity index (χ1v) is 9.47. The van der Waals surface area contributed by atoms with Crippen molar-refractivity contribution in [1.82, 2.24) is 9.24 Å². The van der Waals surface area contributed by atoms with Crippen molar-refractivity contribution < 1.29 is 4.39 Å². The fourth-order valence-electron chi connectivity index (χ4n) is 3.96. The molecule has 27 heavy (non-hydrogen) atoms. The summed E-state index contributed by atoms with van der Waals surface area (Å²) < 4.78 is 16.9. The third-order valence-corrected chi connectivity index (χ3v) is 6.10. The SMILES string of the molecule is CC(C)(N)C1CCN(c2c(F)cc3c(=O)n(N)c(=O)n(C4CC4)c3c2Cl)C1. The number of halogens is 2. The minimum atomic E-state index is -0.748. The first kappa shape index (κ1) is 18.3. The summed E-state index contributed by atoms with van der Waals surface area (Å²) in [6, 6.07) is 1.07. The number of benzene rings is 1. The van der Waals surface area contributed by atoms with Crippen molar-refractivity contribution in [2.75, 3.05) is 23.8 Å². The average molecular weight is 396 g/mol. The lowest BCUT2D eigenvalue weighted by Gasteiger charge is -2.28. The number of anilines is 1. The van der Waals surface area contributed by atoms with E-state index in [1.807, 2.05) is 18.7 Å². The van der Waals surface area contributed by atoms with Gasteiger partial charge in [0.2, 0.25) is 0 Å². The number of nitrogen functional groups attached to an aromatic ring is 1. The van der Waals surface area contributed by atoms with Gasteiger partial charge < -0.3 is 16.5 Å². The molecule has 2 aliphatic rings. The topological polar surface area (TPSA) is 99.3 Å². The molecular formula is C18H23ClFN5O2. The van der Waals surface area contributed by atoms with Gasteiger partial charge in [0, 0.05) is 24.7 Å². The van der Waals surface area contributed by atoms with Crippen LogP contribution in [0.15, 0.2) is 15.7 Å². The number of nitrogens with zero attached hydrogens (tertiary/aromatic N) is 3. The van der Waals surface area contributed by atoms with Crippen LogP contribution in [0.3, 0.4) is 0 Å². The maximum atomic E-state index is 15.0. The van der Waals surface area contributed by atoms with Crippen molar-refractivity contribution in [2.24, 2.45) is 11.7 Å². The highest BCUT2D eigenvalue weighted by molar-refractivity contribution is 6.38. The van der Waals surface area contributed by atoms with Crippen LogP contribution in [-0.2, 0) is 0 Å². The summed E-state index contributed by atoms with van der Waals surface area (Å²) in [5, 5.41) is 0.104. The van der Waals surface area contributed by atoms with Crippen LogP contribution >= 0.6 is 11.6 Å². The quantitative estimate of drug-likeness (QED) is 0.768. The summed E-state index contributed by atoms with van der Waals surface area (Å²) >= 11 is 6.60. The summed E-state index contributed by atoms with van der Waals surface area (Å²) in [5.41, 5.74) is 4.94. The molecule has 2 heterocycles. The number of rotatable bonds is 3. The molecule has 4 rings (SSSR count). The van der Waals surface area contributed by atoms with Gasteiger partial charge in [0.1, 0.15) is 5.82 Å². The van der Waals surface area contributed by atoms with Crippen molar-refractivity contribution in [3.63, 3.8) is 0 Å². The second kappa shape index (κ2) is 5.97. The van der Waals surface area contributed by atoms with E-state index in [-0.39, 0.29) is 33.6 Å². The Labute approximate surface area is 160 Å². The minimum Gasteiger partial charge on any atom is -0.368 e. The Kier molecular flexibility index (Phi) is 4.05. The molecule has 1 unspecified atom stereocenters. The smallest absolute Gasteiger partial charge is 0.350 e. The molecule has 2 fully saturated rings. The van der Waals surface area contributed by atoms with E-state index in [2.05, 4.69) is 0 Å². The fraction of sp³-hybridized carbons (Fsp3) is 0.556. The molecular weight excluding hydrogens is 373 g/mol. The van der Waals surface area contributed by atoms with Gasteiger partial charge in [-0.05, 0) is 45.1 Å². The van der Waals surface area contributed by atoms with Crippen molar-refractivity contribution >= 4 is 28.2 Å². The number of hydrogen-bond acceptors (Lipinski definition) is 5. The maximum absolute atomic E-state index is 15.0. The molecule has 4 N–H and O–H groups in total. The van der Waals surface area contributed by atoms with E-state index >= 15 is 0 Å². The number of hydrogen-bond donors (Lipinski definition) is 2. The highest BCUT2D eigenvalue weighted by Gasteiger charge is 2.36. The van der Waals surface area contributed by atoms with E-state index in [0.717, 1.165) is 25.3 Å². The lowest BCUT2D eigenvalue weighted by atomic mass is 9.88. The maximum Gasteiger partial charge on any atom is 0.350 e. The molecule has 2 aromatic rings. The predicted molar refractivity (Wildman–Crippen MR) is 104 cm³/mol. The van der Waals surface area contributed by atoms with Crippen LogP contribution in [0, 0.1) is 11.7 Å². The Morgan fingerprint density at radius 3 is 2.48 bits per heavy atom. The lowest BCUT2D eigenvalue weighted by molar-refractivity contribution is 0.348. The average Bonchev–Trinajstić information content (AvgIpc) is 3.29. The summed E-state index contributed by atoms with van der Waals surface area (Å²) in [5.74, 6) is 5.21. The first-order chi connectivity index (χ1) is 12.6. The van der Waals surface area contributed by atoms with Crippen molar-refractivity contribution in [1.29, 1.82) is 0 Å². The second-order valence-electron chi connectivity index (χ2n) is 8.23. The van der Waals surface area contributed by atoms with Crippen LogP contribution in [-0.4, -0.2) is 27.9 Å². The molecule has 1 aliphatic heterocycles. The molecule has 0 amide bonds. The van der Waals surface area contributed by atoms with E-state index in [1.54, 1.807) is 0 Å². The van der Waals surface area contributed by atoms with Crippen LogP contribution in [0.4, 0.5) is 10.1 Å². The van der Waals surface area contributed by atoms with Gasteiger partial charge in [-0.15, -0.1) is 0 Å². The summed E-state index contributed by atoms with van der Waals surface area (Å²) in [4.78, 5) is 26.8. The van der Waals surface area contributed by atoms with Crippen LogP contribution in [0.2, 0.25) is 5.02 Å². The Bertz CT molecular complexity index is 1050. The predicted octanol–water partition coefficient (Wildman–Crippen LogP) is 1.57. The van der Waals surface area contributed by atoms with Gasteiger partial charge >= 0.3 is 5.69 Å². The number of aromatic nitrogens is 2. The number of nitrogens with two attached hydrogens (primary N) is 2. The highest BCUT2D eigenvalue weighted by Crippen LogP contribution is 2.42. The minimum absolute atomic E-state index is 0.0187. The standard InChI is InChI=1S/C18H23ClFN5O2/c1-18(2,21)9-5-6-23(8-9)15-12(20)7-11-14(13(15)19)24(10-3-4-10)17(27)25(22)16(11)26/h7,9-10H,3-6,8,21-22H2,1-2H3. The molecule has 1 aromatic carbocycles. The Balaban J connectivity index is 1.94. The van der Waals surface area contributed by atoms with Gasteiger partial charge in [-0.1, -0.05) is 11.6 Å². The van der Waals surface area contributed by atoms with Gasteiger partial charge in [-0.2, -0.15) is 4.68 Å². The molecule has 1 saturated carbocycles. The Morgan fingerprint density at radius 1 is 1.26 bits per heavy atom. The lowest BCUT2D eigenvalue weighted by Crippen LogP contribution is -2.44. The number of fused-ring (bicyclic) bond motifs is 1. The van der Waals surface area contributed by atoms with Crippen molar-refractivity contribution in [2.45, 2.75) is 44.7 Å².